The Bertz CT molecular complexity index is 393. The summed E-state index contributed by atoms with van der Waals surface area (Å²) in [5.74, 6) is 1.27. The van der Waals surface area contributed by atoms with E-state index in [1.807, 2.05) is 0 Å². The maximum atomic E-state index is 8.84. The maximum Gasteiger partial charge on any atom is 0.127 e. The average Bonchev–Trinajstić information content (AvgIpc) is 2.27. The topological polar surface area (TPSA) is 52.0 Å². The van der Waals surface area contributed by atoms with E-state index in [0.29, 0.717) is 17.5 Å². The molecule has 1 rings (SSSR count). The first-order valence-electron chi connectivity index (χ1n) is 5.80. The first-order chi connectivity index (χ1) is 8.02. The first kappa shape index (κ1) is 13.5. The van der Waals surface area contributed by atoms with Crippen LogP contribution in [0.1, 0.15) is 19.4 Å². The molecule has 0 aliphatic rings. The second-order valence-electron chi connectivity index (χ2n) is 4.80. The van der Waals surface area contributed by atoms with Crippen molar-refractivity contribution in [2.75, 3.05) is 26.0 Å². The summed E-state index contributed by atoms with van der Waals surface area (Å²) in [5, 5.41) is 12.2. The molecule has 0 spiro atoms. The summed E-state index contributed by atoms with van der Waals surface area (Å²) < 4.78 is 0. The molecule has 1 aromatic rings. The van der Waals surface area contributed by atoms with Crippen LogP contribution in [0.2, 0.25) is 0 Å². The fourth-order valence-electron chi connectivity index (χ4n) is 1.59. The molecule has 0 radical (unpaired) electrons. The zero-order valence-corrected chi connectivity index (χ0v) is 10.9. The molecule has 1 atom stereocenters. The fraction of sp³-hybridized carbons (Fsp3) is 0.538. The second kappa shape index (κ2) is 6.21. The monoisotopic (exact) mass is 232 g/mol. The number of nitriles is 1. The Labute approximate surface area is 103 Å². The third kappa shape index (κ3) is 4.41. The Morgan fingerprint density at radius 3 is 2.71 bits per heavy atom. The predicted octanol–water partition coefficient (Wildman–Crippen LogP) is 1.95. The molecule has 0 aromatic carbocycles. The molecule has 0 fully saturated rings. The summed E-state index contributed by atoms with van der Waals surface area (Å²) >= 11 is 0. The summed E-state index contributed by atoms with van der Waals surface area (Å²) in [4.78, 5) is 6.38. The van der Waals surface area contributed by atoms with Gasteiger partial charge in [-0.3, -0.25) is 0 Å². The van der Waals surface area contributed by atoms with Crippen LogP contribution < -0.4 is 5.32 Å². The lowest BCUT2D eigenvalue weighted by Crippen LogP contribution is -2.36. The first-order valence-corrected chi connectivity index (χ1v) is 5.80. The molecule has 1 aromatic heterocycles. The van der Waals surface area contributed by atoms with E-state index < -0.39 is 0 Å². The van der Waals surface area contributed by atoms with Gasteiger partial charge in [-0.25, -0.2) is 4.98 Å². The largest absolute Gasteiger partial charge is 0.366 e. The number of pyridine rings is 1. The number of likely N-dealkylation sites (N-methyl/N-ethyl adjacent to an activating group) is 1. The van der Waals surface area contributed by atoms with Gasteiger partial charge < -0.3 is 10.2 Å². The molecule has 4 heteroatoms. The van der Waals surface area contributed by atoms with Gasteiger partial charge >= 0.3 is 0 Å². The van der Waals surface area contributed by atoms with Crippen molar-refractivity contribution in [1.29, 1.82) is 5.26 Å². The van der Waals surface area contributed by atoms with E-state index in [-0.39, 0.29) is 0 Å². The van der Waals surface area contributed by atoms with E-state index in [2.05, 4.69) is 49.2 Å². The zero-order chi connectivity index (χ0) is 12.8. The molecular formula is C13H20N4. The standard InChI is InChI=1S/C13H20N4/c1-10(2)12(9-17(3)4)16-13-7-11(8-14)5-6-15-13/h5-7,10,12H,9H2,1-4H3,(H,15,16). The van der Waals surface area contributed by atoms with E-state index in [9.17, 15) is 0 Å². The van der Waals surface area contributed by atoms with Gasteiger partial charge in [0.15, 0.2) is 0 Å². The fourth-order valence-corrected chi connectivity index (χ4v) is 1.59. The van der Waals surface area contributed by atoms with E-state index in [1.165, 1.54) is 0 Å². The van der Waals surface area contributed by atoms with E-state index >= 15 is 0 Å². The molecular weight excluding hydrogens is 212 g/mol. The third-order valence-corrected chi connectivity index (χ3v) is 2.59. The lowest BCUT2D eigenvalue weighted by molar-refractivity contribution is 0.344. The van der Waals surface area contributed by atoms with Crippen molar-refractivity contribution in [2.45, 2.75) is 19.9 Å². The molecule has 0 saturated carbocycles. The number of anilines is 1. The highest BCUT2D eigenvalue weighted by Crippen LogP contribution is 2.12. The number of rotatable bonds is 5. The summed E-state index contributed by atoms with van der Waals surface area (Å²) in [5.41, 5.74) is 0.634. The van der Waals surface area contributed by atoms with Crippen molar-refractivity contribution in [3.05, 3.63) is 23.9 Å². The molecule has 0 aliphatic heterocycles. The van der Waals surface area contributed by atoms with Crippen LogP contribution in [0.3, 0.4) is 0 Å². The van der Waals surface area contributed by atoms with Crippen molar-refractivity contribution in [2.24, 2.45) is 5.92 Å². The summed E-state index contributed by atoms with van der Waals surface area (Å²) in [7, 11) is 4.10. The minimum absolute atomic E-state index is 0.325. The molecule has 0 aliphatic carbocycles. The van der Waals surface area contributed by atoms with Crippen LogP contribution in [0.15, 0.2) is 18.3 Å². The van der Waals surface area contributed by atoms with Crippen molar-refractivity contribution >= 4 is 5.82 Å². The smallest absolute Gasteiger partial charge is 0.127 e. The van der Waals surface area contributed by atoms with Crippen LogP contribution in [0, 0.1) is 17.2 Å². The van der Waals surface area contributed by atoms with Gasteiger partial charge in [-0.1, -0.05) is 13.8 Å². The number of nitrogens with one attached hydrogen (secondary N) is 1. The van der Waals surface area contributed by atoms with Crippen LogP contribution in [0.25, 0.3) is 0 Å². The van der Waals surface area contributed by atoms with Gasteiger partial charge in [0.05, 0.1) is 11.6 Å². The number of hydrogen-bond donors (Lipinski definition) is 1. The summed E-state index contributed by atoms with van der Waals surface area (Å²) in [6.45, 7) is 5.29. The molecule has 0 saturated heterocycles. The highest BCUT2D eigenvalue weighted by Gasteiger charge is 2.14. The molecule has 0 bridgehead atoms. The van der Waals surface area contributed by atoms with Crippen LogP contribution in [-0.2, 0) is 0 Å². The Morgan fingerprint density at radius 1 is 1.47 bits per heavy atom. The average molecular weight is 232 g/mol. The molecule has 4 nitrogen and oxygen atoms in total. The predicted molar refractivity (Wildman–Crippen MR) is 69.8 cm³/mol. The molecule has 92 valence electrons. The quantitative estimate of drug-likeness (QED) is 0.843. The Hall–Kier alpha value is -1.60. The summed E-state index contributed by atoms with van der Waals surface area (Å²) in [6.07, 6.45) is 1.66. The van der Waals surface area contributed by atoms with Crippen LogP contribution >= 0.6 is 0 Å². The van der Waals surface area contributed by atoms with Crippen molar-refractivity contribution in [1.82, 2.24) is 9.88 Å². The number of nitrogens with zero attached hydrogens (tertiary/aromatic N) is 3. The number of hydrogen-bond acceptors (Lipinski definition) is 4. The lowest BCUT2D eigenvalue weighted by atomic mass is 10.0. The number of aromatic nitrogens is 1. The minimum atomic E-state index is 0.325. The molecule has 1 heterocycles. The Morgan fingerprint density at radius 2 is 2.18 bits per heavy atom. The maximum absolute atomic E-state index is 8.84. The van der Waals surface area contributed by atoms with E-state index in [1.54, 1.807) is 18.3 Å². The minimum Gasteiger partial charge on any atom is -0.366 e. The van der Waals surface area contributed by atoms with Gasteiger partial charge in [-0.15, -0.1) is 0 Å². The van der Waals surface area contributed by atoms with Gasteiger partial charge in [0, 0.05) is 18.8 Å². The van der Waals surface area contributed by atoms with Gasteiger partial charge in [-0.05, 0) is 32.1 Å². The molecule has 1 N–H and O–H groups in total. The third-order valence-electron chi connectivity index (χ3n) is 2.59. The molecule has 0 amide bonds. The molecule has 17 heavy (non-hydrogen) atoms. The van der Waals surface area contributed by atoms with Crippen LogP contribution in [0.4, 0.5) is 5.82 Å². The highest BCUT2D eigenvalue weighted by molar-refractivity contribution is 5.43. The van der Waals surface area contributed by atoms with Gasteiger partial charge in [0.2, 0.25) is 0 Å². The van der Waals surface area contributed by atoms with Crippen LogP contribution in [0.5, 0.6) is 0 Å². The Balaban J connectivity index is 2.75. The van der Waals surface area contributed by atoms with Crippen molar-refractivity contribution in [3.8, 4) is 6.07 Å². The lowest BCUT2D eigenvalue weighted by Gasteiger charge is -2.26. The van der Waals surface area contributed by atoms with E-state index in [0.717, 1.165) is 12.4 Å². The van der Waals surface area contributed by atoms with Crippen molar-refractivity contribution in [3.63, 3.8) is 0 Å². The second-order valence-corrected chi connectivity index (χ2v) is 4.80. The van der Waals surface area contributed by atoms with Crippen LogP contribution in [-0.4, -0.2) is 36.6 Å². The highest BCUT2D eigenvalue weighted by atomic mass is 15.1. The van der Waals surface area contributed by atoms with Gasteiger partial charge in [0.1, 0.15) is 5.82 Å². The van der Waals surface area contributed by atoms with Crippen molar-refractivity contribution < 1.29 is 0 Å². The van der Waals surface area contributed by atoms with E-state index in [4.69, 9.17) is 5.26 Å². The summed E-state index contributed by atoms with van der Waals surface area (Å²) in [6, 6.07) is 5.94. The molecule has 1 unspecified atom stereocenters. The Kier molecular flexibility index (Phi) is 4.92. The normalized spacial score (nSPS) is 12.5. The van der Waals surface area contributed by atoms with Gasteiger partial charge in [-0.2, -0.15) is 5.26 Å². The SMILES string of the molecule is CC(C)C(CN(C)C)Nc1cc(C#N)ccn1. The van der Waals surface area contributed by atoms with Gasteiger partial charge in [0.25, 0.3) is 0 Å². The zero-order valence-electron chi connectivity index (χ0n) is 10.9.